The molecule has 20 heavy (non-hydrogen) atoms. The Morgan fingerprint density at radius 1 is 1.35 bits per heavy atom. The zero-order valence-corrected chi connectivity index (χ0v) is 12.1. The van der Waals surface area contributed by atoms with Crippen LogP contribution in [0.3, 0.4) is 0 Å². The van der Waals surface area contributed by atoms with Crippen LogP contribution >= 0.6 is 0 Å². The zero-order valence-electron chi connectivity index (χ0n) is 12.1. The summed E-state index contributed by atoms with van der Waals surface area (Å²) in [7, 11) is 0. The van der Waals surface area contributed by atoms with Gasteiger partial charge in [-0.15, -0.1) is 5.10 Å². The normalized spacial score (nSPS) is 12.6. The molecule has 2 rings (SSSR count). The molecule has 2 N–H and O–H groups in total. The Bertz CT molecular complexity index is 538. The average molecular weight is 274 g/mol. The van der Waals surface area contributed by atoms with E-state index in [4.69, 9.17) is 5.11 Å². The molecule has 1 aromatic heterocycles. The number of aryl methyl sites for hydroxylation is 2. The number of aliphatic hydroxyl groups excluding tert-OH is 1. The van der Waals surface area contributed by atoms with Crippen LogP contribution in [-0.2, 0) is 13.1 Å². The Morgan fingerprint density at radius 2 is 2.15 bits per heavy atom. The Morgan fingerprint density at radius 3 is 2.90 bits per heavy atom. The average Bonchev–Trinajstić information content (AvgIpc) is 2.91. The molecule has 1 atom stereocenters. The second-order valence-electron chi connectivity index (χ2n) is 5.01. The highest BCUT2D eigenvalue weighted by atomic mass is 16.3. The molecule has 1 unspecified atom stereocenters. The van der Waals surface area contributed by atoms with E-state index in [1.165, 1.54) is 11.1 Å². The van der Waals surface area contributed by atoms with Crippen molar-refractivity contribution in [3.05, 3.63) is 47.3 Å². The van der Waals surface area contributed by atoms with Gasteiger partial charge < -0.3 is 10.4 Å². The Labute approximate surface area is 119 Å². The summed E-state index contributed by atoms with van der Waals surface area (Å²) in [6, 6.07) is 8.66. The summed E-state index contributed by atoms with van der Waals surface area (Å²) in [5, 5.41) is 20.4. The Kier molecular flexibility index (Phi) is 5.26. The molecule has 5 nitrogen and oxygen atoms in total. The first-order chi connectivity index (χ1) is 9.70. The van der Waals surface area contributed by atoms with Crippen LogP contribution < -0.4 is 5.32 Å². The van der Waals surface area contributed by atoms with Crippen molar-refractivity contribution < 1.29 is 5.11 Å². The van der Waals surface area contributed by atoms with E-state index in [1.54, 1.807) is 4.68 Å². The van der Waals surface area contributed by atoms with Gasteiger partial charge in [0.2, 0.25) is 0 Å². The van der Waals surface area contributed by atoms with Gasteiger partial charge in [-0.1, -0.05) is 29.5 Å². The molecule has 0 fully saturated rings. The zero-order chi connectivity index (χ0) is 14.4. The lowest BCUT2D eigenvalue weighted by atomic mass is 10.0. The summed E-state index contributed by atoms with van der Waals surface area (Å²) < 4.78 is 1.77. The highest BCUT2D eigenvalue weighted by molar-refractivity contribution is 5.28. The van der Waals surface area contributed by atoms with Crippen molar-refractivity contribution in [1.29, 1.82) is 0 Å². The minimum Gasteiger partial charge on any atom is -0.396 e. The van der Waals surface area contributed by atoms with E-state index in [0.717, 1.165) is 5.69 Å². The standard InChI is InChI=1S/C15H22N4O/c1-12-6-3-4-7-15(12)13(2)16-10-14-11-19(18-17-14)8-5-9-20/h3-4,6-7,11,13,16,20H,5,8-10H2,1-2H3. The van der Waals surface area contributed by atoms with Crippen LogP contribution in [0.15, 0.2) is 30.5 Å². The highest BCUT2D eigenvalue weighted by Gasteiger charge is 2.08. The molecule has 0 saturated carbocycles. The van der Waals surface area contributed by atoms with Gasteiger partial charge in [0.25, 0.3) is 0 Å². The summed E-state index contributed by atoms with van der Waals surface area (Å²) >= 11 is 0. The van der Waals surface area contributed by atoms with Crippen molar-refractivity contribution >= 4 is 0 Å². The van der Waals surface area contributed by atoms with Crippen molar-refractivity contribution in [3.63, 3.8) is 0 Å². The first-order valence-corrected chi connectivity index (χ1v) is 6.99. The van der Waals surface area contributed by atoms with Gasteiger partial charge in [0, 0.05) is 31.9 Å². The molecule has 0 aliphatic rings. The lowest BCUT2D eigenvalue weighted by Gasteiger charge is -2.15. The summed E-state index contributed by atoms with van der Waals surface area (Å²) in [5.74, 6) is 0. The molecule has 5 heteroatoms. The van der Waals surface area contributed by atoms with Crippen molar-refractivity contribution in [2.24, 2.45) is 0 Å². The van der Waals surface area contributed by atoms with Gasteiger partial charge in [-0.05, 0) is 31.4 Å². The fourth-order valence-corrected chi connectivity index (χ4v) is 2.20. The Hall–Kier alpha value is -1.72. The van der Waals surface area contributed by atoms with Crippen LogP contribution in [0.5, 0.6) is 0 Å². The molecule has 1 heterocycles. The van der Waals surface area contributed by atoms with E-state index in [0.29, 0.717) is 19.5 Å². The van der Waals surface area contributed by atoms with Crippen LogP contribution in [0, 0.1) is 6.92 Å². The number of benzene rings is 1. The van der Waals surface area contributed by atoms with E-state index in [1.807, 2.05) is 6.20 Å². The summed E-state index contributed by atoms with van der Waals surface area (Å²) in [6.45, 7) is 5.85. The van der Waals surface area contributed by atoms with Crippen LogP contribution in [0.25, 0.3) is 0 Å². The molecule has 0 radical (unpaired) electrons. The third-order valence-electron chi connectivity index (χ3n) is 3.38. The lowest BCUT2D eigenvalue weighted by molar-refractivity contribution is 0.276. The number of rotatable bonds is 7. The van der Waals surface area contributed by atoms with Crippen molar-refractivity contribution in [2.45, 2.75) is 39.4 Å². The molecule has 0 aliphatic heterocycles. The van der Waals surface area contributed by atoms with Gasteiger partial charge >= 0.3 is 0 Å². The smallest absolute Gasteiger partial charge is 0.0965 e. The molecule has 0 spiro atoms. The monoisotopic (exact) mass is 274 g/mol. The van der Waals surface area contributed by atoms with Crippen molar-refractivity contribution in [3.8, 4) is 0 Å². The van der Waals surface area contributed by atoms with Crippen LogP contribution in [-0.4, -0.2) is 26.7 Å². The van der Waals surface area contributed by atoms with E-state index in [9.17, 15) is 0 Å². The minimum atomic E-state index is 0.178. The highest BCUT2D eigenvalue weighted by Crippen LogP contribution is 2.16. The third-order valence-corrected chi connectivity index (χ3v) is 3.38. The topological polar surface area (TPSA) is 63.0 Å². The first-order valence-electron chi connectivity index (χ1n) is 6.99. The molecule has 0 saturated heterocycles. The maximum absolute atomic E-state index is 8.79. The third kappa shape index (κ3) is 3.88. The summed E-state index contributed by atoms with van der Waals surface area (Å²) in [4.78, 5) is 0. The van der Waals surface area contributed by atoms with E-state index in [2.05, 4.69) is 53.7 Å². The van der Waals surface area contributed by atoms with E-state index < -0.39 is 0 Å². The van der Waals surface area contributed by atoms with E-state index >= 15 is 0 Å². The largest absolute Gasteiger partial charge is 0.396 e. The van der Waals surface area contributed by atoms with Gasteiger partial charge in [0.05, 0.1) is 5.69 Å². The number of aromatic nitrogens is 3. The molecular weight excluding hydrogens is 252 g/mol. The first kappa shape index (κ1) is 14.7. The van der Waals surface area contributed by atoms with Gasteiger partial charge in [-0.25, -0.2) is 0 Å². The van der Waals surface area contributed by atoms with Gasteiger partial charge in [0.15, 0.2) is 0 Å². The predicted octanol–water partition coefficient (Wildman–Crippen LogP) is 1.82. The van der Waals surface area contributed by atoms with Crippen LogP contribution in [0.2, 0.25) is 0 Å². The number of nitrogens with one attached hydrogen (secondary N) is 1. The van der Waals surface area contributed by atoms with Crippen molar-refractivity contribution in [2.75, 3.05) is 6.61 Å². The molecule has 0 amide bonds. The molecule has 0 aliphatic carbocycles. The van der Waals surface area contributed by atoms with Gasteiger partial charge in [-0.3, -0.25) is 4.68 Å². The second kappa shape index (κ2) is 7.17. The number of hydrogen-bond acceptors (Lipinski definition) is 4. The maximum Gasteiger partial charge on any atom is 0.0965 e. The quantitative estimate of drug-likeness (QED) is 0.808. The maximum atomic E-state index is 8.79. The van der Waals surface area contributed by atoms with Crippen molar-refractivity contribution in [1.82, 2.24) is 20.3 Å². The number of aliphatic hydroxyl groups is 1. The Balaban J connectivity index is 1.88. The van der Waals surface area contributed by atoms with Crippen LogP contribution in [0.4, 0.5) is 0 Å². The molecule has 2 aromatic rings. The molecular formula is C15H22N4O. The van der Waals surface area contributed by atoms with Gasteiger partial charge in [-0.2, -0.15) is 0 Å². The fraction of sp³-hybridized carbons (Fsp3) is 0.467. The number of nitrogens with zero attached hydrogens (tertiary/aromatic N) is 3. The molecule has 108 valence electrons. The summed E-state index contributed by atoms with van der Waals surface area (Å²) in [5.41, 5.74) is 3.52. The SMILES string of the molecule is Cc1ccccc1C(C)NCc1cn(CCCO)nn1. The fourth-order valence-electron chi connectivity index (χ4n) is 2.20. The van der Waals surface area contributed by atoms with Gasteiger partial charge in [0.1, 0.15) is 0 Å². The predicted molar refractivity (Wildman–Crippen MR) is 78.2 cm³/mol. The summed E-state index contributed by atoms with van der Waals surface area (Å²) in [6.07, 6.45) is 2.63. The molecule has 1 aromatic carbocycles. The second-order valence-corrected chi connectivity index (χ2v) is 5.01. The lowest BCUT2D eigenvalue weighted by Crippen LogP contribution is -2.19. The van der Waals surface area contributed by atoms with E-state index in [-0.39, 0.29) is 12.6 Å². The molecule has 0 bridgehead atoms. The van der Waals surface area contributed by atoms with Crippen LogP contribution in [0.1, 0.15) is 36.2 Å². The number of hydrogen-bond donors (Lipinski definition) is 2. The minimum absolute atomic E-state index is 0.178.